The molecule has 0 amide bonds. The van der Waals surface area contributed by atoms with E-state index in [-0.39, 0.29) is 5.54 Å². The predicted octanol–water partition coefficient (Wildman–Crippen LogP) is 4.15. The summed E-state index contributed by atoms with van der Waals surface area (Å²) in [5.74, 6) is 0. The van der Waals surface area contributed by atoms with Gasteiger partial charge in [0.15, 0.2) is 0 Å². The van der Waals surface area contributed by atoms with Crippen molar-refractivity contribution in [3.63, 3.8) is 0 Å². The van der Waals surface area contributed by atoms with Crippen molar-refractivity contribution < 1.29 is 0 Å². The van der Waals surface area contributed by atoms with E-state index in [0.717, 1.165) is 18.1 Å². The summed E-state index contributed by atoms with van der Waals surface area (Å²) in [6.45, 7) is 8.92. The van der Waals surface area contributed by atoms with Gasteiger partial charge in [-0.3, -0.25) is 0 Å². The highest BCUT2D eigenvalue weighted by molar-refractivity contribution is 6.31. The summed E-state index contributed by atoms with van der Waals surface area (Å²) < 4.78 is 0. The van der Waals surface area contributed by atoms with Crippen LogP contribution in [0.5, 0.6) is 0 Å². The van der Waals surface area contributed by atoms with Crippen LogP contribution < -0.4 is 10.2 Å². The molecular formula is C17H25ClN2. The number of halogens is 1. The number of rotatable bonds is 1. The van der Waals surface area contributed by atoms with Crippen molar-refractivity contribution in [3.05, 3.63) is 28.8 Å². The SMILES string of the molecule is Cc1c(Cl)cccc1N1CC(C)(C)NC2(CCCC2)C1. The lowest BCUT2D eigenvalue weighted by molar-refractivity contribution is 0.197. The first kappa shape index (κ1) is 14.2. The lowest BCUT2D eigenvalue weighted by Crippen LogP contribution is -2.68. The molecule has 2 nitrogen and oxygen atoms in total. The molecule has 1 N–H and O–H groups in total. The quantitative estimate of drug-likeness (QED) is 0.836. The molecule has 1 aromatic carbocycles. The van der Waals surface area contributed by atoms with E-state index in [9.17, 15) is 0 Å². The number of benzene rings is 1. The summed E-state index contributed by atoms with van der Waals surface area (Å²) in [7, 11) is 0. The third-order valence-corrected chi connectivity index (χ3v) is 5.23. The first-order chi connectivity index (χ1) is 9.41. The van der Waals surface area contributed by atoms with Crippen LogP contribution in [0.1, 0.15) is 45.1 Å². The minimum absolute atomic E-state index is 0.150. The summed E-state index contributed by atoms with van der Waals surface area (Å²) in [4.78, 5) is 2.54. The van der Waals surface area contributed by atoms with Crippen molar-refractivity contribution in [1.29, 1.82) is 0 Å². The van der Waals surface area contributed by atoms with E-state index in [0.29, 0.717) is 5.54 Å². The maximum absolute atomic E-state index is 6.31. The molecule has 0 radical (unpaired) electrons. The molecule has 3 heteroatoms. The third kappa shape index (κ3) is 2.56. The number of hydrogen-bond donors (Lipinski definition) is 1. The second-order valence-corrected chi connectivity index (χ2v) is 7.64. The first-order valence-corrected chi connectivity index (χ1v) is 8.08. The fourth-order valence-electron chi connectivity index (χ4n) is 4.14. The molecule has 2 fully saturated rings. The lowest BCUT2D eigenvalue weighted by Gasteiger charge is -2.51. The second kappa shape index (κ2) is 4.92. The number of nitrogens with one attached hydrogen (secondary N) is 1. The molecule has 0 bridgehead atoms. The number of nitrogens with zero attached hydrogens (tertiary/aromatic N) is 1. The lowest BCUT2D eigenvalue weighted by atomic mass is 9.86. The topological polar surface area (TPSA) is 15.3 Å². The molecule has 1 aliphatic carbocycles. The molecule has 20 heavy (non-hydrogen) atoms. The summed E-state index contributed by atoms with van der Waals surface area (Å²) in [5, 5.41) is 4.80. The first-order valence-electron chi connectivity index (χ1n) is 7.70. The van der Waals surface area contributed by atoms with Gasteiger partial charge in [0.25, 0.3) is 0 Å². The van der Waals surface area contributed by atoms with Crippen LogP contribution in [-0.2, 0) is 0 Å². The maximum atomic E-state index is 6.31. The van der Waals surface area contributed by atoms with Crippen molar-refractivity contribution >= 4 is 17.3 Å². The molecule has 1 heterocycles. The fraction of sp³-hybridized carbons (Fsp3) is 0.647. The van der Waals surface area contributed by atoms with E-state index in [2.05, 4.69) is 43.1 Å². The van der Waals surface area contributed by atoms with Crippen molar-refractivity contribution in [2.24, 2.45) is 0 Å². The van der Waals surface area contributed by atoms with Crippen molar-refractivity contribution in [1.82, 2.24) is 5.32 Å². The average Bonchev–Trinajstić information content (AvgIpc) is 2.78. The molecule has 1 spiro atoms. The van der Waals surface area contributed by atoms with Crippen molar-refractivity contribution in [3.8, 4) is 0 Å². The summed E-state index contributed by atoms with van der Waals surface area (Å²) in [5.41, 5.74) is 2.96. The third-order valence-electron chi connectivity index (χ3n) is 4.82. The van der Waals surface area contributed by atoms with E-state index >= 15 is 0 Å². The molecule has 1 aromatic rings. The van der Waals surface area contributed by atoms with Crippen LogP contribution in [0, 0.1) is 6.92 Å². The molecule has 1 saturated carbocycles. The minimum atomic E-state index is 0.150. The van der Waals surface area contributed by atoms with Crippen LogP contribution in [-0.4, -0.2) is 24.2 Å². The Balaban J connectivity index is 1.94. The van der Waals surface area contributed by atoms with E-state index in [1.807, 2.05) is 6.07 Å². The molecule has 3 rings (SSSR count). The van der Waals surface area contributed by atoms with E-state index in [1.54, 1.807) is 0 Å². The van der Waals surface area contributed by atoms with Gasteiger partial charge < -0.3 is 10.2 Å². The summed E-state index contributed by atoms with van der Waals surface area (Å²) >= 11 is 6.31. The normalized spacial score (nSPS) is 24.3. The zero-order valence-electron chi connectivity index (χ0n) is 12.8. The summed E-state index contributed by atoms with van der Waals surface area (Å²) in [6, 6.07) is 6.27. The molecule has 2 aliphatic rings. The van der Waals surface area contributed by atoms with Crippen LogP contribution in [0.15, 0.2) is 18.2 Å². The Kier molecular flexibility index (Phi) is 3.50. The van der Waals surface area contributed by atoms with Crippen molar-refractivity contribution in [2.75, 3.05) is 18.0 Å². The average molecular weight is 293 g/mol. The monoisotopic (exact) mass is 292 g/mol. The molecule has 110 valence electrons. The Morgan fingerprint density at radius 1 is 1.15 bits per heavy atom. The Hall–Kier alpha value is -0.730. The van der Waals surface area contributed by atoms with Crippen molar-refractivity contribution in [2.45, 2.75) is 57.5 Å². The summed E-state index contributed by atoms with van der Waals surface area (Å²) in [6.07, 6.45) is 5.30. The molecule has 1 saturated heterocycles. The fourth-order valence-corrected chi connectivity index (χ4v) is 4.31. The minimum Gasteiger partial charge on any atom is -0.368 e. The van der Waals surface area contributed by atoms with Gasteiger partial charge in [0.05, 0.1) is 0 Å². The molecular weight excluding hydrogens is 268 g/mol. The zero-order chi connectivity index (χ0) is 14.4. The molecule has 0 atom stereocenters. The predicted molar refractivity (Wildman–Crippen MR) is 86.8 cm³/mol. The van der Waals surface area contributed by atoms with E-state index in [4.69, 9.17) is 11.6 Å². The molecule has 1 aliphatic heterocycles. The Morgan fingerprint density at radius 2 is 1.85 bits per heavy atom. The molecule has 0 aromatic heterocycles. The van der Waals surface area contributed by atoms with Gasteiger partial charge in [-0.1, -0.05) is 30.5 Å². The van der Waals surface area contributed by atoms with Gasteiger partial charge in [0, 0.05) is 34.9 Å². The van der Waals surface area contributed by atoms with Crippen LogP contribution in [0.4, 0.5) is 5.69 Å². The Bertz CT molecular complexity index is 504. The van der Waals surface area contributed by atoms with Gasteiger partial charge in [-0.2, -0.15) is 0 Å². The van der Waals surface area contributed by atoms with Gasteiger partial charge in [-0.15, -0.1) is 0 Å². The highest BCUT2D eigenvalue weighted by Crippen LogP contribution is 2.38. The van der Waals surface area contributed by atoms with E-state index in [1.165, 1.54) is 36.9 Å². The van der Waals surface area contributed by atoms with Crippen LogP contribution in [0.25, 0.3) is 0 Å². The zero-order valence-corrected chi connectivity index (χ0v) is 13.6. The largest absolute Gasteiger partial charge is 0.368 e. The Labute approximate surface area is 127 Å². The second-order valence-electron chi connectivity index (χ2n) is 7.24. The standard InChI is InChI=1S/C17H25ClN2/c1-13-14(18)7-6-8-15(13)20-11-16(2,3)19-17(12-20)9-4-5-10-17/h6-8,19H,4-5,9-12H2,1-3H3. The Morgan fingerprint density at radius 3 is 2.55 bits per heavy atom. The van der Waals surface area contributed by atoms with Gasteiger partial charge >= 0.3 is 0 Å². The highest BCUT2D eigenvalue weighted by Gasteiger charge is 2.44. The van der Waals surface area contributed by atoms with Gasteiger partial charge in [0.2, 0.25) is 0 Å². The number of anilines is 1. The van der Waals surface area contributed by atoms with Crippen LogP contribution in [0.2, 0.25) is 5.02 Å². The van der Waals surface area contributed by atoms with Gasteiger partial charge in [-0.05, 0) is 51.3 Å². The van der Waals surface area contributed by atoms with E-state index < -0.39 is 0 Å². The molecule has 0 unspecified atom stereocenters. The smallest absolute Gasteiger partial charge is 0.0455 e. The van der Waals surface area contributed by atoms with Crippen LogP contribution in [0.3, 0.4) is 0 Å². The maximum Gasteiger partial charge on any atom is 0.0455 e. The van der Waals surface area contributed by atoms with Gasteiger partial charge in [0.1, 0.15) is 0 Å². The number of piperazine rings is 1. The van der Waals surface area contributed by atoms with Crippen LogP contribution >= 0.6 is 11.6 Å². The number of hydrogen-bond acceptors (Lipinski definition) is 2. The highest BCUT2D eigenvalue weighted by atomic mass is 35.5. The van der Waals surface area contributed by atoms with Gasteiger partial charge in [-0.25, -0.2) is 0 Å².